The fourth-order valence-electron chi connectivity index (χ4n) is 3.23. The summed E-state index contributed by atoms with van der Waals surface area (Å²) in [6.45, 7) is 3.85. The van der Waals surface area contributed by atoms with Gasteiger partial charge in [0.1, 0.15) is 0 Å². The second kappa shape index (κ2) is 7.42. The first-order valence-electron chi connectivity index (χ1n) is 8.51. The lowest BCUT2D eigenvalue weighted by atomic mass is 10.1. The van der Waals surface area contributed by atoms with Crippen LogP contribution in [-0.2, 0) is 0 Å². The van der Waals surface area contributed by atoms with E-state index in [1.807, 2.05) is 9.80 Å². The van der Waals surface area contributed by atoms with Gasteiger partial charge in [-0.3, -0.25) is 4.79 Å². The smallest absolute Gasteiger partial charge is 0.320 e. The number of benzene rings is 1. The lowest BCUT2D eigenvalue weighted by Gasteiger charge is -2.36. The van der Waals surface area contributed by atoms with Gasteiger partial charge in [-0.1, -0.05) is 17.3 Å². The fourth-order valence-corrected chi connectivity index (χ4v) is 3.23. The molecule has 3 N–H and O–H groups in total. The van der Waals surface area contributed by atoms with Crippen molar-refractivity contribution in [2.24, 2.45) is 10.9 Å². The summed E-state index contributed by atoms with van der Waals surface area (Å²) in [5.41, 5.74) is 6.63. The van der Waals surface area contributed by atoms with Crippen molar-refractivity contribution >= 4 is 17.8 Å². The molecule has 2 aliphatic rings. The van der Waals surface area contributed by atoms with E-state index in [2.05, 4.69) is 5.16 Å². The average Bonchev–Trinajstić information content (AvgIpc) is 3.21. The summed E-state index contributed by atoms with van der Waals surface area (Å²) in [5, 5.41) is 11.6. The molecule has 3 amide bonds. The molecule has 8 heteroatoms. The highest BCUT2D eigenvalue weighted by Gasteiger charge is 2.28. The first-order chi connectivity index (χ1) is 12.1. The lowest BCUT2D eigenvalue weighted by molar-refractivity contribution is 0.0645. The van der Waals surface area contributed by atoms with Gasteiger partial charge in [-0.15, -0.1) is 0 Å². The predicted octanol–water partition coefficient (Wildman–Crippen LogP) is 0.755. The van der Waals surface area contributed by atoms with Crippen LogP contribution in [0.2, 0.25) is 0 Å². The third-order valence-corrected chi connectivity index (χ3v) is 4.75. The van der Waals surface area contributed by atoms with Crippen LogP contribution in [0.25, 0.3) is 0 Å². The van der Waals surface area contributed by atoms with Crippen molar-refractivity contribution < 1.29 is 14.8 Å². The molecule has 134 valence electrons. The number of oxime groups is 1. The highest BCUT2D eigenvalue weighted by Crippen LogP contribution is 2.14. The molecule has 0 atom stereocenters. The molecule has 0 bridgehead atoms. The number of hydrogen-bond acceptors (Lipinski definition) is 4. The summed E-state index contributed by atoms with van der Waals surface area (Å²) in [6.07, 6.45) is 2.15. The number of carbonyl (C=O) groups excluding carboxylic acids is 2. The molecule has 25 heavy (non-hydrogen) atoms. The monoisotopic (exact) mass is 345 g/mol. The molecule has 2 saturated heterocycles. The number of hydrogen-bond donors (Lipinski definition) is 2. The normalized spacial score (nSPS) is 18.6. The Morgan fingerprint density at radius 2 is 1.32 bits per heavy atom. The number of nitrogens with two attached hydrogens (primary N) is 1. The van der Waals surface area contributed by atoms with E-state index in [9.17, 15) is 9.59 Å². The minimum atomic E-state index is -0.0701. The zero-order chi connectivity index (χ0) is 17.8. The molecular formula is C17H23N5O3. The molecule has 0 saturated carbocycles. The Bertz CT molecular complexity index is 659. The van der Waals surface area contributed by atoms with Gasteiger partial charge < -0.3 is 25.6 Å². The Kier molecular flexibility index (Phi) is 5.06. The number of rotatable bonds is 2. The molecule has 0 aliphatic carbocycles. The number of nitrogens with zero attached hydrogens (tertiary/aromatic N) is 4. The van der Waals surface area contributed by atoms with Gasteiger partial charge in [0.2, 0.25) is 0 Å². The average molecular weight is 345 g/mol. The molecule has 2 fully saturated rings. The van der Waals surface area contributed by atoms with E-state index in [0.29, 0.717) is 37.3 Å². The van der Waals surface area contributed by atoms with Crippen molar-refractivity contribution in [3.05, 3.63) is 35.4 Å². The van der Waals surface area contributed by atoms with Crippen LogP contribution in [0.5, 0.6) is 0 Å². The van der Waals surface area contributed by atoms with Gasteiger partial charge in [0.25, 0.3) is 5.91 Å². The first-order valence-corrected chi connectivity index (χ1v) is 8.51. The van der Waals surface area contributed by atoms with Crippen molar-refractivity contribution in [2.75, 3.05) is 39.3 Å². The van der Waals surface area contributed by atoms with Crippen LogP contribution >= 0.6 is 0 Å². The minimum absolute atomic E-state index is 0.00744. The summed E-state index contributed by atoms with van der Waals surface area (Å²) in [4.78, 5) is 30.4. The SMILES string of the molecule is NC(=NO)c1ccc(C(=O)N2CCN(C(=O)N3CCCC3)CC2)cc1. The number of amidine groups is 1. The van der Waals surface area contributed by atoms with Crippen LogP contribution in [0.1, 0.15) is 28.8 Å². The Morgan fingerprint density at radius 1 is 0.840 bits per heavy atom. The van der Waals surface area contributed by atoms with Crippen molar-refractivity contribution in [1.29, 1.82) is 0 Å². The van der Waals surface area contributed by atoms with Crippen LogP contribution in [0.4, 0.5) is 4.79 Å². The zero-order valence-electron chi connectivity index (χ0n) is 14.1. The number of urea groups is 1. The van der Waals surface area contributed by atoms with Crippen molar-refractivity contribution in [3.63, 3.8) is 0 Å². The van der Waals surface area contributed by atoms with E-state index < -0.39 is 0 Å². The molecule has 0 unspecified atom stereocenters. The third-order valence-electron chi connectivity index (χ3n) is 4.75. The van der Waals surface area contributed by atoms with Gasteiger partial charge in [-0.25, -0.2) is 4.79 Å². The molecule has 2 aliphatic heterocycles. The van der Waals surface area contributed by atoms with E-state index in [0.717, 1.165) is 25.9 Å². The quantitative estimate of drug-likeness (QED) is 0.357. The van der Waals surface area contributed by atoms with Gasteiger partial charge in [0.15, 0.2) is 5.84 Å². The van der Waals surface area contributed by atoms with Crippen molar-refractivity contribution in [2.45, 2.75) is 12.8 Å². The van der Waals surface area contributed by atoms with Gasteiger partial charge >= 0.3 is 6.03 Å². The summed E-state index contributed by atoms with van der Waals surface area (Å²) in [5.74, 6) is -0.0626. The minimum Gasteiger partial charge on any atom is -0.409 e. The van der Waals surface area contributed by atoms with Crippen LogP contribution in [0.3, 0.4) is 0 Å². The molecule has 8 nitrogen and oxygen atoms in total. The molecule has 0 aromatic heterocycles. The topological polar surface area (TPSA) is 102 Å². The maximum absolute atomic E-state index is 12.6. The maximum Gasteiger partial charge on any atom is 0.320 e. The van der Waals surface area contributed by atoms with Crippen molar-refractivity contribution in [3.8, 4) is 0 Å². The van der Waals surface area contributed by atoms with Crippen LogP contribution in [0, 0.1) is 0 Å². The molecular weight excluding hydrogens is 322 g/mol. The van der Waals surface area contributed by atoms with E-state index >= 15 is 0 Å². The Morgan fingerprint density at radius 3 is 1.88 bits per heavy atom. The van der Waals surface area contributed by atoms with E-state index in [4.69, 9.17) is 10.9 Å². The lowest BCUT2D eigenvalue weighted by Crippen LogP contribution is -2.53. The summed E-state index contributed by atoms with van der Waals surface area (Å²) in [6, 6.07) is 6.72. The molecule has 0 spiro atoms. The van der Waals surface area contributed by atoms with Crippen LogP contribution in [0.15, 0.2) is 29.4 Å². The molecule has 1 aromatic carbocycles. The van der Waals surface area contributed by atoms with Gasteiger partial charge in [0.05, 0.1) is 0 Å². The van der Waals surface area contributed by atoms with Crippen LogP contribution < -0.4 is 5.73 Å². The Hall–Kier alpha value is -2.77. The van der Waals surface area contributed by atoms with Gasteiger partial charge in [0, 0.05) is 50.4 Å². The first kappa shape index (κ1) is 17.1. The fraction of sp³-hybridized carbons (Fsp3) is 0.471. The molecule has 0 radical (unpaired) electrons. The zero-order valence-corrected chi connectivity index (χ0v) is 14.1. The van der Waals surface area contributed by atoms with Gasteiger partial charge in [-0.05, 0) is 25.0 Å². The number of piperazine rings is 1. The van der Waals surface area contributed by atoms with Crippen molar-refractivity contribution in [1.82, 2.24) is 14.7 Å². The summed E-state index contributed by atoms with van der Waals surface area (Å²) in [7, 11) is 0. The van der Waals surface area contributed by atoms with E-state index in [-0.39, 0.29) is 17.8 Å². The highest BCUT2D eigenvalue weighted by atomic mass is 16.4. The number of likely N-dealkylation sites (tertiary alicyclic amines) is 1. The van der Waals surface area contributed by atoms with E-state index in [1.54, 1.807) is 29.2 Å². The molecule has 1 aromatic rings. The van der Waals surface area contributed by atoms with Crippen LogP contribution in [-0.4, -0.2) is 76.9 Å². The Balaban J connectivity index is 1.57. The predicted molar refractivity (Wildman–Crippen MR) is 92.6 cm³/mol. The molecule has 3 rings (SSSR count). The van der Waals surface area contributed by atoms with Gasteiger partial charge in [-0.2, -0.15) is 0 Å². The maximum atomic E-state index is 12.6. The third kappa shape index (κ3) is 3.67. The second-order valence-electron chi connectivity index (χ2n) is 6.32. The number of amides is 3. The second-order valence-corrected chi connectivity index (χ2v) is 6.32. The Labute approximate surface area is 146 Å². The number of carbonyl (C=O) groups is 2. The largest absolute Gasteiger partial charge is 0.409 e. The van der Waals surface area contributed by atoms with E-state index in [1.165, 1.54) is 0 Å². The highest BCUT2D eigenvalue weighted by molar-refractivity contribution is 5.99. The summed E-state index contributed by atoms with van der Waals surface area (Å²) >= 11 is 0. The standard InChI is InChI=1S/C17H23N5O3/c18-15(19-25)13-3-5-14(6-4-13)16(23)20-9-11-22(12-10-20)17(24)21-7-1-2-8-21/h3-6,25H,1-2,7-12H2,(H2,18,19). The summed E-state index contributed by atoms with van der Waals surface area (Å²) < 4.78 is 0. The molecule has 2 heterocycles.